The van der Waals surface area contributed by atoms with Crippen LogP contribution >= 0.6 is 0 Å². The van der Waals surface area contributed by atoms with Crippen molar-refractivity contribution in [1.82, 2.24) is 19.5 Å². The SMILES string of the molecule is CCN(CC)c1ccc2cc(-c3nc4ccccc4[nH]3)c(=O)oc2c1.CCN(CC)c1ccc2cc(-c3nc4ccccc4n3C)c(=O)oc2c1. The Bertz CT molecular complexity index is 2590. The molecule has 0 saturated heterocycles. The van der Waals surface area contributed by atoms with Crippen LogP contribution in [0.2, 0.25) is 0 Å². The number of hydrogen-bond acceptors (Lipinski definition) is 8. The second kappa shape index (κ2) is 14.0. The zero-order valence-electron chi connectivity index (χ0n) is 29.4. The summed E-state index contributed by atoms with van der Waals surface area (Å²) >= 11 is 0. The lowest BCUT2D eigenvalue weighted by molar-refractivity contribution is 0.562. The quantitative estimate of drug-likeness (QED) is 0.159. The average Bonchev–Trinajstić information content (AvgIpc) is 3.73. The van der Waals surface area contributed by atoms with Gasteiger partial charge in [-0.25, -0.2) is 19.6 Å². The smallest absolute Gasteiger partial charge is 0.347 e. The third-order valence-corrected chi connectivity index (χ3v) is 9.37. The van der Waals surface area contributed by atoms with Crippen molar-refractivity contribution in [1.29, 1.82) is 0 Å². The average molecular weight is 681 g/mol. The summed E-state index contributed by atoms with van der Waals surface area (Å²) in [5.74, 6) is 1.15. The molecule has 0 amide bonds. The molecular weight excluding hydrogens is 640 g/mol. The minimum Gasteiger partial charge on any atom is -0.422 e. The third kappa shape index (κ3) is 6.36. The zero-order valence-corrected chi connectivity index (χ0v) is 29.4. The first kappa shape index (κ1) is 33.3. The third-order valence-electron chi connectivity index (χ3n) is 9.37. The van der Waals surface area contributed by atoms with E-state index in [1.807, 2.05) is 96.5 Å². The molecule has 4 heterocycles. The fourth-order valence-electron chi connectivity index (χ4n) is 6.56. The summed E-state index contributed by atoms with van der Waals surface area (Å²) in [5.41, 5.74) is 7.04. The number of nitrogens with zero attached hydrogens (tertiary/aromatic N) is 5. The van der Waals surface area contributed by atoms with Crippen LogP contribution in [0.15, 0.2) is 115 Å². The van der Waals surface area contributed by atoms with E-state index in [0.29, 0.717) is 33.9 Å². The Hall–Kier alpha value is -6.16. The minimum atomic E-state index is -0.386. The number of benzene rings is 4. The molecule has 8 aromatic rings. The second-order valence-electron chi connectivity index (χ2n) is 12.3. The van der Waals surface area contributed by atoms with Gasteiger partial charge < -0.3 is 28.2 Å². The molecular formula is C41H40N6O4. The predicted molar refractivity (Wildman–Crippen MR) is 207 cm³/mol. The van der Waals surface area contributed by atoms with Crippen molar-refractivity contribution in [3.63, 3.8) is 0 Å². The molecule has 0 aliphatic carbocycles. The molecule has 4 aromatic carbocycles. The molecule has 0 radical (unpaired) electrons. The second-order valence-corrected chi connectivity index (χ2v) is 12.3. The summed E-state index contributed by atoms with van der Waals surface area (Å²) in [7, 11) is 1.91. The number of aryl methyl sites for hydroxylation is 1. The summed E-state index contributed by atoms with van der Waals surface area (Å²) in [6.07, 6.45) is 0. The van der Waals surface area contributed by atoms with Crippen LogP contribution in [0.3, 0.4) is 0 Å². The summed E-state index contributed by atoms with van der Waals surface area (Å²) in [6, 6.07) is 31.2. The van der Waals surface area contributed by atoms with Gasteiger partial charge in [0.1, 0.15) is 33.9 Å². The van der Waals surface area contributed by atoms with Crippen molar-refractivity contribution in [2.75, 3.05) is 36.0 Å². The molecule has 0 unspecified atom stereocenters. The van der Waals surface area contributed by atoms with Gasteiger partial charge in [-0.15, -0.1) is 0 Å². The number of fused-ring (bicyclic) bond motifs is 4. The van der Waals surface area contributed by atoms with Gasteiger partial charge in [-0.3, -0.25) is 0 Å². The van der Waals surface area contributed by atoms with Crippen LogP contribution in [0.25, 0.3) is 66.8 Å². The molecule has 0 saturated carbocycles. The number of anilines is 2. The predicted octanol–water partition coefficient (Wildman–Crippen LogP) is 8.38. The Labute approximate surface area is 294 Å². The first-order valence-corrected chi connectivity index (χ1v) is 17.3. The molecule has 0 aliphatic heterocycles. The molecule has 0 bridgehead atoms. The van der Waals surface area contributed by atoms with Crippen LogP contribution in [-0.4, -0.2) is 45.7 Å². The maximum absolute atomic E-state index is 12.6. The molecule has 1 N–H and O–H groups in total. The Balaban J connectivity index is 0.000000159. The monoisotopic (exact) mass is 680 g/mol. The van der Waals surface area contributed by atoms with E-state index in [1.165, 1.54) is 0 Å². The van der Waals surface area contributed by atoms with Crippen LogP contribution in [0.1, 0.15) is 27.7 Å². The van der Waals surface area contributed by atoms with Crippen molar-refractivity contribution < 1.29 is 8.83 Å². The first-order chi connectivity index (χ1) is 24.8. The van der Waals surface area contributed by atoms with E-state index in [0.717, 1.165) is 70.4 Å². The Kier molecular flexibility index (Phi) is 9.15. The lowest BCUT2D eigenvalue weighted by Crippen LogP contribution is -2.21. The lowest BCUT2D eigenvalue weighted by Gasteiger charge is -2.21. The topological polar surface area (TPSA) is 113 Å². The highest BCUT2D eigenvalue weighted by Gasteiger charge is 2.16. The maximum Gasteiger partial charge on any atom is 0.347 e. The highest BCUT2D eigenvalue weighted by atomic mass is 16.4. The molecule has 4 aromatic heterocycles. The van der Waals surface area contributed by atoms with Gasteiger partial charge in [0, 0.05) is 67.5 Å². The van der Waals surface area contributed by atoms with E-state index < -0.39 is 0 Å². The van der Waals surface area contributed by atoms with E-state index in [9.17, 15) is 9.59 Å². The summed E-state index contributed by atoms with van der Waals surface area (Å²) in [5, 5.41) is 1.77. The maximum atomic E-state index is 12.6. The molecule has 0 spiro atoms. The molecule has 0 fully saturated rings. The number of aromatic amines is 1. The lowest BCUT2D eigenvalue weighted by atomic mass is 10.1. The van der Waals surface area contributed by atoms with Crippen LogP contribution < -0.4 is 21.1 Å². The molecule has 0 atom stereocenters. The fraction of sp³-hybridized carbons (Fsp3) is 0.220. The van der Waals surface area contributed by atoms with Crippen molar-refractivity contribution >= 4 is 55.4 Å². The number of aromatic nitrogens is 4. The van der Waals surface area contributed by atoms with Crippen molar-refractivity contribution in [2.24, 2.45) is 7.05 Å². The number of imidazole rings is 2. The number of hydrogen-bond donors (Lipinski definition) is 1. The number of nitrogens with one attached hydrogen (secondary N) is 1. The highest BCUT2D eigenvalue weighted by molar-refractivity contribution is 5.87. The standard InChI is InChI=1S/C21H21N3O2.C20H19N3O2/c1-4-24(5-2)15-11-10-14-12-16(21(25)26-19(14)13-15)20-22-17-8-6-7-9-18(17)23(20)3;1-3-23(4-2)14-10-9-13-11-15(20(24)25-18(13)12-14)19-21-16-7-5-6-8-17(16)22-19/h6-13H,4-5H2,1-3H3;5-12H,3-4H2,1-2H3,(H,21,22). The zero-order chi connectivity index (χ0) is 35.6. The molecule has 51 heavy (non-hydrogen) atoms. The van der Waals surface area contributed by atoms with Gasteiger partial charge >= 0.3 is 11.3 Å². The summed E-state index contributed by atoms with van der Waals surface area (Å²) in [4.78, 5) is 41.9. The molecule has 0 aliphatic rings. The minimum absolute atomic E-state index is 0.368. The summed E-state index contributed by atoms with van der Waals surface area (Å²) < 4.78 is 13.2. The molecule has 10 heteroatoms. The van der Waals surface area contributed by atoms with E-state index >= 15 is 0 Å². The largest absolute Gasteiger partial charge is 0.422 e. The molecule has 8 rings (SSSR count). The van der Waals surface area contributed by atoms with Gasteiger partial charge in [-0.1, -0.05) is 24.3 Å². The van der Waals surface area contributed by atoms with Crippen molar-refractivity contribution in [2.45, 2.75) is 27.7 Å². The first-order valence-electron chi connectivity index (χ1n) is 17.3. The molecule has 258 valence electrons. The number of para-hydroxylation sites is 4. The van der Waals surface area contributed by atoms with Gasteiger partial charge in [0.15, 0.2) is 0 Å². The van der Waals surface area contributed by atoms with Gasteiger partial charge in [-0.05, 0) is 88.4 Å². The van der Waals surface area contributed by atoms with Crippen LogP contribution in [0.4, 0.5) is 11.4 Å². The number of H-pyrrole nitrogens is 1. The Morgan fingerprint density at radius 1 is 0.627 bits per heavy atom. The van der Waals surface area contributed by atoms with Crippen molar-refractivity contribution in [3.05, 3.63) is 118 Å². The summed E-state index contributed by atoms with van der Waals surface area (Å²) in [6.45, 7) is 12.1. The normalized spacial score (nSPS) is 11.3. The fourth-order valence-corrected chi connectivity index (χ4v) is 6.56. The number of rotatable bonds is 8. The van der Waals surface area contributed by atoms with E-state index in [-0.39, 0.29) is 11.3 Å². The van der Waals surface area contributed by atoms with Gasteiger partial charge in [0.05, 0.1) is 22.1 Å². The highest BCUT2D eigenvalue weighted by Crippen LogP contribution is 2.28. The van der Waals surface area contributed by atoms with E-state index in [1.54, 1.807) is 0 Å². The van der Waals surface area contributed by atoms with Gasteiger partial charge in [0.25, 0.3) is 0 Å². The Morgan fingerprint density at radius 3 is 1.73 bits per heavy atom. The van der Waals surface area contributed by atoms with Gasteiger partial charge in [-0.2, -0.15) is 0 Å². The van der Waals surface area contributed by atoms with Crippen LogP contribution in [-0.2, 0) is 7.05 Å². The van der Waals surface area contributed by atoms with E-state index in [4.69, 9.17) is 8.83 Å². The Morgan fingerprint density at radius 2 is 1.16 bits per heavy atom. The van der Waals surface area contributed by atoms with E-state index in [2.05, 4.69) is 64.6 Å². The molecule has 10 nitrogen and oxygen atoms in total. The van der Waals surface area contributed by atoms with Crippen LogP contribution in [0, 0.1) is 0 Å². The van der Waals surface area contributed by atoms with Crippen LogP contribution in [0.5, 0.6) is 0 Å². The van der Waals surface area contributed by atoms with Crippen molar-refractivity contribution in [3.8, 4) is 22.8 Å². The van der Waals surface area contributed by atoms with Gasteiger partial charge in [0.2, 0.25) is 0 Å².